The van der Waals surface area contributed by atoms with Crippen molar-refractivity contribution in [2.75, 3.05) is 13.2 Å². The second-order valence-corrected chi connectivity index (χ2v) is 8.04. The first-order chi connectivity index (χ1) is 9.71. The SMILES string of the molecule is CC1(C)CC(NS(=O)(=O)N2CCCCC2C(=O)O)CCO1. The lowest BCUT2D eigenvalue weighted by atomic mass is 9.95. The van der Waals surface area contributed by atoms with Crippen LogP contribution in [-0.2, 0) is 19.7 Å². The number of carbonyl (C=O) groups is 1. The molecule has 2 aliphatic rings. The third-order valence-corrected chi connectivity index (χ3v) is 5.75. The molecule has 0 aromatic carbocycles. The number of nitrogens with zero attached hydrogens (tertiary/aromatic N) is 1. The number of aliphatic carboxylic acids is 1. The highest BCUT2D eigenvalue weighted by Crippen LogP contribution is 2.26. The van der Waals surface area contributed by atoms with E-state index in [0.29, 0.717) is 32.3 Å². The van der Waals surface area contributed by atoms with Gasteiger partial charge >= 0.3 is 5.97 Å². The van der Waals surface area contributed by atoms with Crippen molar-refractivity contribution in [1.82, 2.24) is 9.03 Å². The van der Waals surface area contributed by atoms with Gasteiger partial charge in [-0.2, -0.15) is 17.4 Å². The maximum atomic E-state index is 12.5. The van der Waals surface area contributed by atoms with E-state index in [9.17, 15) is 18.3 Å². The molecule has 0 aromatic rings. The second-order valence-electron chi connectivity index (χ2n) is 6.38. The zero-order chi connectivity index (χ0) is 15.7. The molecule has 2 atom stereocenters. The molecule has 0 amide bonds. The molecule has 2 aliphatic heterocycles. The number of rotatable bonds is 4. The fourth-order valence-corrected chi connectivity index (χ4v) is 4.71. The quantitative estimate of drug-likeness (QED) is 0.795. The average Bonchev–Trinajstić information content (AvgIpc) is 2.37. The number of ether oxygens (including phenoxy) is 1. The summed E-state index contributed by atoms with van der Waals surface area (Å²) >= 11 is 0. The highest BCUT2D eigenvalue weighted by Gasteiger charge is 2.39. The first-order valence-electron chi connectivity index (χ1n) is 7.37. The molecule has 0 saturated carbocycles. The minimum absolute atomic E-state index is 0.213. The minimum atomic E-state index is -3.78. The Morgan fingerprint density at radius 1 is 1.33 bits per heavy atom. The third kappa shape index (κ3) is 4.15. The molecule has 2 heterocycles. The molecule has 21 heavy (non-hydrogen) atoms. The molecule has 7 nitrogen and oxygen atoms in total. The molecule has 2 unspecified atom stereocenters. The summed E-state index contributed by atoms with van der Waals surface area (Å²) in [6, 6.07) is -1.17. The van der Waals surface area contributed by atoms with E-state index < -0.39 is 22.2 Å². The predicted molar refractivity (Wildman–Crippen MR) is 77.1 cm³/mol. The fourth-order valence-electron chi connectivity index (χ4n) is 3.05. The highest BCUT2D eigenvalue weighted by molar-refractivity contribution is 7.87. The van der Waals surface area contributed by atoms with Crippen molar-refractivity contribution in [3.8, 4) is 0 Å². The molecule has 0 aliphatic carbocycles. The summed E-state index contributed by atoms with van der Waals surface area (Å²) in [5.74, 6) is -1.08. The van der Waals surface area contributed by atoms with Gasteiger partial charge in [0.2, 0.25) is 0 Å². The summed E-state index contributed by atoms with van der Waals surface area (Å²) in [6.45, 7) is 4.62. The Bertz CT molecular complexity index is 491. The van der Waals surface area contributed by atoms with Crippen LogP contribution < -0.4 is 4.72 Å². The lowest BCUT2D eigenvalue weighted by Gasteiger charge is -2.38. The van der Waals surface area contributed by atoms with Crippen molar-refractivity contribution in [1.29, 1.82) is 0 Å². The van der Waals surface area contributed by atoms with Gasteiger partial charge in [0, 0.05) is 19.2 Å². The summed E-state index contributed by atoms with van der Waals surface area (Å²) in [7, 11) is -3.78. The smallest absolute Gasteiger partial charge is 0.322 e. The first-order valence-corrected chi connectivity index (χ1v) is 8.81. The Labute approximate surface area is 125 Å². The van der Waals surface area contributed by atoms with E-state index >= 15 is 0 Å². The summed E-state index contributed by atoms with van der Waals surface area (Å²) in [5.41, 5.74) is -0.362. The maximum Gasteiger partial charge on any atom is 0.322 e. The molecular weight excluding hydrogens is 296 g/mol. The third-order valence-electron chi connectivity index (χ3n) is 4.06. The summed E-state index contributed by atoms with van der Waals surface area (Å²) < 4.78 is 34.3. The average molecular weight is 320 g/mol. The van der Waals surface area contributed by atoms with Crippen LogP contribution in [0.2, 0.25) is 0 Å². The molecule has 0 spiro atoms. The van der Waals surface area contributed by atoms with Gasteiger partial charge in [0.25, 0.3) is 10.2 Å². The Morgan fingerprint density at radius 2 is 2.05 bits per heavy atom. The Balaban J connectivity index is 2.08. The van der Waals surface area contributed by atoms with E-state index in [2.05, 4.69) is 4.72 Å². The number of carboxylic acids is 1. The van der Waals surface area contributed by atoms with Crippen molar-refractivity contribution in [3.05, 3.63) is 0 Å². The van der Waals surface area contributed by atoms with Crippen LogP contribution >= 0.6 is 0 Å². The molecule has 0 bridgehead atoms. The van der Waals surface area contributed by atoms with Gasteiger partial charge in [-0.25, -0.2) is 0 Å². The van der Waals surface area contributed by atoms with Gasteiger partial charge in [-0.1, -0.05) is 0 Å². The Hall–Kier alpha value is -0.700. The van der Waals surface area contributed by atoms with Gasteiger partial charge in [0.1, 0.15) is 6.04 Å². The molecule has 0 radical (unpaired) electrons. The molecule has 2 saturated heterocycles. The zero-order valence-electron chi connectivity index (χ0n) is 12.5. The molecular formula is C13H24N2O5S. The van der Waals surface area contributed by atoms with Crippen molar-refractivity contribution >= 4 is 16.2 Å². The molecule has 2 rings (SSSR count). The van der Waals surface area contributed by atoms with Crippen LogP contribution in [0.5, 0.6) is 0 Å². The topological polar surface area (TPSA) is 95.9 Å². The fraction of sp³-hybridized carbons (Fsp3) is 0.923. The van der Waals surface area contributed by atoms with Crippen LogP contribution in [-0.4, -0.2) is 54.6 Å². The van der Waals surface area contributed by atoms with E-state index in [0.717, 1.165) is 10.7 Å². The first kappa shape index (κ1) is 16.7. The molecule has 122 valence electrons. The van der Waals surface area contributed by atoms with Crippen LogP contribution in [0.4, 0.5) is 0 Å². The highest BCUT2D eigenvalue weighted by atomic mass is 32.2. The maximum absolute atomic E-state index is 12.5. The van der Waals surface area contributed by atoms with Crippen LogP contribution in [0.3, 0.4) is 0 Å². The van der Waals surface area contributed by atoms with E-state index in [1.54, 1.807) is 0 Å². The number of nitrogens with one attached hydrogen (secondary N) is 1. The summed E-state index contributed by atoms with van der Waals surface area (Å²) in [6.07, 6.45) is 3.00. The van der Waals surface area contributed by atoms with Crippen molar-refractivity contribution in [2.45, 2.75) is 63.6 Å². The minimum Gasteiger partial charge on any atom is -0.480 e. The number of piperidine rings is 1. The van der Waals surface area contributed by atoms with Gasteiger partial charge in [-0.15, -0.1) is 0 Å². The second kappa shape index (κ2) is 6.20. The van der Waals surface area contributed by atoms with Crippen molar-refractivity contribution in [3.63, 3.8) is 0 Å². The zero-order valence-corrected chi connectivity index (χ0v) is 13.4. The van der Waals surface area contributed by atoms with Gasteiger partial charge in [0.15, 0.2) is 0 Å². The Kier molecular flexibility index (Phi) is 4.92. The van der Waals surface area contributed by atoms with Crippen LogP contribution in [0.15, 0.2) is 0 Å². The van der Waals surface area contributed by atoms with Gasteiger partial charge in [0.05, 0.1) is 5.60 Å². The van der Waals surface area contributed by atoms with Gasteiger partial charge < -0.3 is 9.84 Å². The summed E-state index contributed by atoms with van der Waals surface area (Å²) in [4.78, 5) is 11.3. The van der Waals surface area contributed by atoms with Crippen LogP contribution in [0.1, 0.15) is 46.0 Å². The standard InChI is InChI=1S/C13H24N2O5S/c1-13(2)9-10(6-8-20-13)14-21(18,19)15-7-4-3-5-11(15)12(16)17/h10-11,14H,3-9H2,1-2H3,(H,16,17). The number of hydrogen-bond acceptors (Lipinski definition) is 4. The van der Waals surface area contributed by atoms with Crippen LogP contribution in [0, 0.1) is 0 Å². The molecule has 0 aromatic heterocycles. The lowest BCUT2D eigenvalue weighted by molar-refractivity contribution is -0.142. The molecule has 8 heteroatoms. The molecule has 2 fully saturated rings. The lowest BCUT2D eigenvalue weighted by Crippen LogP contribution is -2.55. The Morgan fingerprint density at radius 3 is 2.67 bits per heavy atom. The van der Waals surface area contributed by atoms with Crippen molar-refractivity contribution < 1.29 is 23.1 Å². The van der Waals surface area contributed by atoms with E-state index in [-0.39, 0.29) is 18.2 Å². The van der Waals surface area contributed by atoms with E-state index in [1.807, 2.05) is 13.8 Å². The number of hydrogen-bond donors (Lipinski definition) is 2. The van der Waals surface area contributed by atoms with Gasteiger partial charge in [-0.3, -0.25) is 4.79 Å². The van der Waals surface area contributed by atoms with Crippen molar-refractivity contribution in [2.24, 2.45) is 0 Å². The normalized spacial score (nSPS) is 31.0. The van der Waals surface area contributed by atoms with E-state index in [1.165, 1.54) is 0 Å². The number of carboxylic acid groups (broad SMARTS) is 1. The summed E-state index contributed by atoms with van der Waals surface area (Å²) in [5, 5.41) is 9.21. The van der Waals surface area contributed by atoms with Crippen LogP contribution in [0.25, 0.3) is 0 Å². The monoisotopic (exact) mass is 320 g/mol. The molecule has 2 N–H and O–H groups in total. The van der Waals surface area contributed by atoms with Gasteiger partial charge in [-0.05, 0) is 46.0 Å². The largest absolute Gasteiger partial charge is 0.480 e. The van der Waals surface area contributed by atoms with E-state index in [4.69, 9.17) is 4.74 Å². The predicted octanol–water partition coefficient (Wildman–Crippen LogP) is 0.718.